The fourth-order valence-corrected chi connectivity index (χ4v) is 2.96. The van der Waals surface area contributed by atoms with Gasteiger partial charge in [0.05, 0.1) is 12.3 Å². The van der Waals surface area contributed by atoms with Crippen molar-refractivity contribution < 1.29 is 14.0 Å². The first kappa shape index (κ1) is 14.4. The Kier molecular flexibility index (Phi) is 3.96. The molecule has 0 unspecified atom stereocenters. The van der Waals surface area contributed by atoms with Gasteiger partial charge in [0.25, 0.3) is 5.91 Å². The summed E-state index contributed by atoms with van der Waals surface area (Å²) >= 11 is 0. The number of hydrogen-bond acceptors (Lipinski definition) is 3. The molecule has 2 aromatic rings. The highest BCUT2D eigenvalue weighted by Crippen LogP contribution is 2.35. The van der Waals surface area contributed by atoms with Crippen LogP contribution in [0.4, 0.5) is 0 Å². The number of furan rings is 1. The largest absolute Gasteiger partial charge is 0.469 e. The molecule has 2 heterocycles. The van der Waals surface area contributed by atoms with Crippen LogP contribution in [0.3, 0.4) is 0 Å². The number of carbonyl (C=O) groups is 2. The average Bonchev–Trinajstić information content (AvgIpc) is 3.17. The molecule has 1 aromatic heterocycles. The fraction of sp³-hybridized carbons (Fsp3) is 0.294. The molecular weight excluding hydrogens is 280 g/mol. The highest BCUT2D eigenvalue weighted by molar-refractivity contribution is 5.95. The molecular formula is C17H18N2O3. The van der Waals surface area contributed by atoms with Crippen LogP contribution >= 0.6 is 0 Å². The first-order valence-corrected chi connectivity index (χ1v) is 7.42. The van der Waals surface area contributed by atoms with E-state index in [9.17, 15) is 9.59 Å². The van der Waals surface area contributed by atoms with E-state index >= 15 is 0 Å². The summed E-state index contributed by atoms with van der Waals surface area (Å²) < 4.78 is 5.44. The van der Waals surface area contributed by atoms with Crippen LogP contribution in [-0.4, -0.2) is 22.9 Å². The molecule has 1 aliphatic heterocycles. The lowest BCUT2D eigenvalue weighted by molar-refractivity contribution is -0.131. The van der Waals surface area contributed by atoms with Gasteiger partial charge in [-0.15, -0.1) is 0 Å². The van der Waals surface area contributed by atoms with Gasteiger partial charge in [-0.2, -0.15) is 0 Å². The zero-order valence-electron chi connectivity index (χ0n) is 12.4. The van der Waals surface area contributed by atoms with Crippen molar-refractivity contribution in [1.82, 2.24) is 10.4 Å². The molecule has 22 heavy (non-hydrogen) atoms. The Morgan fingerprint density at radius 1 is 1.27 bits per heavy atom. The van der Waals surface area contributed by atoms with Crippen LogP contribution in [-0.2, 0) is 4.79 Å². The molecule has 2 atom stereocenters. The van der Waals surface area contributed by atoms with Crippen molar-refractivity contribution >= 4 is 11.8 Å². The fourth-order valence-electron chi connectivity index (χ4n) is 2.96. The molecule has 114 valence electrons. The van der Waals surface area contributed by atoms with Gasteiger partial charge in [-0.05, 0) is 30.7 Å². The summed E-state index contributed by atoms with van der Waals surface area (Å²) in [5, 5.41) is 1.46. The second kappa shape index (κ2) is 6.05. The number of hydrogen-bond donors (Lipinski definition) is 1. The van der Waals surface area contributed by atoms with Crippen molar-refractivity contribution in [2.75, 3.05) is 0 Å². The third-order valence-electron chi connectivity index (χ3n) is 4.04. The topological polar surface area (TPSA) is 62.6 Å². The van der Waals surface area contributed by atoms with Gasteiger partial charge in [0.1, 0.15) is 5.76 Å². The van der Waals surface area contributed by atoms with Crippen molar-refractivity contribution in [3.63, 3.8) is 0 Å². The molecule has 5 heteroatoms. The Balaban J connectivity index is 1.78. The van der Waals surface area contributed by atoms with Crippen LogP contribution in [0.25, 0.3) is 0 Å². The molecule has 1 N–H and O–H groups in total. The smallest absolute Gasteiger partial charge is 0.269 e. The standard InChI is InChI=1S/C17H18N2O3/c1-2-14-13(15-9-6-10-22-15)11-16(20)19(14)18-17(21)12-7-4-3-5-8-12/h3-10,13-14H,2,11H2,1H3,(H,18,21)/t13-,14+/m1/s1. The van der Waals surface area contributed by atoms with E-state index in [4.69, 9.17) is 4.42 Å². The molecule has 1 aromatic carbocycles. The van der Waals surface area contributed by atoms with Gasteiger partial charge in [-0.3, -0.25) is 15.0 Å². The van der Waals surface area contributed by atoms with Crippen LogP contribution in [0.5, 0.6) is 0 Å². The van der Waals surface area contributed by atoms with Crippen LogP contribution in [0, 0.1) is 0 Å². The summed E-state index contributed by atoms with van der Waals surface area (Å²) in [6, 6.07) is 12.5. The number of nitrogens with one attached hydrogen (secondary N) is 1. The third-order valence-corrected chi connectivity index (χ3v) is 4.04. The summed E-state index contributed by atoms with van der Waals surface area (Å²) in [5.74, 6) is 0.408. The zero-order chi connectivity index (χ0) is 15.5. The summed E-state index contributed by atoms with van der Waals surface area (Å²) in [6.07, 6.45) is 2.70. The van der Waals surface area contributed by atoms with Crippen molar-refractivity contribution in [2.45, 2.75) is 31.7 Å². The van der Waals surface area contributed by atoms with Gasteiger partial charge in [-0.25, -0.2) is 5.01 Å². The Labute approximate surface area is 128 Å². The zero-order valence-corrected chi connectivity index (χ0v) is 12.4. The highest BCUT2D eigenvalue weighted by Gasteiger charge is 2.41. The molecule has 1 aliphatic rings. The second-order valence-corrected chi connectivity index (χ2v) is 5.37. The molecule has 0 spiro atoms. The van der Waals surface area contributed by atoms with Gasteiger partial charge in [0.15, 0.2) is 0 Å². The van der Waals surface area contributed by atoms with E-state index in [0.29, 0.717) is 12.0 Å². The number of carbonyl (C=O) groups excluding carboxylic acids is 2. The van der Waals surface area contributed by atoms with Crippen molar-refractivity contribution in [1.29, 1.82) is 0 Å². The lowest BCUT2D eigenvalue weighted by atomic mass is 9.96. The van der Waals surface area contributed by atoms with E-state index < -0.39 is 0 Å². The van der Waals surface area contributed by atoms with Gasteiger partial charge >= 0.3 is 0 Å². The Morgan fingerprint density at radius 3 is 2.68 bits per heavy atom. The molecule has 1 saturated heterocycles. The van der Waals surface area contributed by atoms with Gasteiger partial charge < -0.3 is 4.42 Å². The maximum Gasteiger partial charge on any atom is 0.269 e. The molecule has 0 radical (unpaired) electrons. The van der Waals surface area contributed by atoms with Crippen LogP contribution in [0.2, 0.25) is 0 Å². The molecule has 0 bridgehead atoms. The predicted octanol–water partition coefficient (Wildman–Crippen LogP) is 2.72. The molecule has 1 fully saturated rings. The number of hydrazine groups is 1. The molecule has 3 rings (SSSR count). The normalized spacial score (nSPS) is 21.1. The van der Waals surface area contributed by atoms with Crippen molar-refractivity contribution in [3.05, 3.63) is 60.1 Å². The minimum Gasteiger partial charge on any atom is -0.469 e. The van der Waals surface area contributed by atoms with Gasteiger partial charge in [0.2, 0.25) is 5.91 Å². The molecule has 5 nitrogen and oxygen atoms in total. The highest BCUT2D eigenvalue weighted by atomic mass is 16.3. The quantitative estimate of drug-likeness (QED) is 0.944. The van der Waals surface area contributed by atoms with Crippen molar-refractivity contribution in [2.24, 2.45) is 0 Å². The molecule has 0 aliphatic carbocycles. The first-order chi connectivity index (χ1) is 10.7. The van der Waals surface area contributed by atoms with E-state index in [1.54, 1.807) is 30.5 Å². The molecule has 0 saturated carbocycles. The Bertz CT molecular complexity index is 652. The Hall–Kier alpha value is -2.56. The maximum absolute atomic E-state index is 12.3. The van der Waals surface area contributed by atoms with Crippen LogP contribution < -0.4 is 5.43 Å². The lowest BCUT2D eigenvalue weighted by Crippen LogP contribution is -2.48. The van der Waals surface area contributed by atoms with Gasteiger partial charge in [0, 0.05) is 17.9 Å². The minimum atomic E-state index is -0.271. The maximum atomic E-state index is 12.3. The molecule has 2 amide bonds. The first-order valence-electron chi connectivity index (χ1n) is 7.42. The SMILES string of the molecule is CC[C@H]1[C@H](c2ccco2)CC(=O)N1NC(=O)c1ccccc1. The van der Waals surface area contributed by atoms with E-state index in [1.165, 1.54) is 5.01 Å². The summed E-state index contributed by atoms with van der Waals surface area (Å²) in [5.41, 5.74) is 3.27. The summed E-state index contributed by atoms with van der Waals surface area (Å²) in [4.78, 5) is 24.6. The number of benzene rings is 1. The number of rotatable bonds is 4. The van der Waals surface area contributed by atoms with Crippen molar-refractivity contribution in [3.8, 4) is 0 Å². The monoisotopic (exact) mass is 298 g/mol. The Morgan fingerprint density at radius 2 is 2.05 bits per heavy atom. The van der Waals surface area contributed by atoms with E-state index in [-0.39, 0.29) is 23.8 Å². The van der Waals surface area contributed by atoms with E-state index in [1.807, 2.05) is 25.1 Å². The predicted molar refractivity (Wildman–Crippen MR) is 80.9 cm³/mol. The minimum absolute atomic E-state index is 0.0245. The van der Waals surface area contributed by atoms with E-state index in [0.717, 1.165) is 12.2 Å². The van der Waals surface area contributed by atoms with Gasteiger partial charge in [-0.1, -0.05) is 25.1 Å². The lowest BCUT2D eigenvalue weighted by Gasteiger charge is -2.26. The number of amides is 2. The third kappa shape index (κ3) is 2.62. The summed E-state index contributed by atoms with van der Waals surface area (Å²) in [7, 11) is 0. The summed E-state index contributed by atoms with van der Waals surface area (Å²) in [6.45, 7) is 2.00. The number of nitrogens with zero attached hydrogens (tertiary/aromatic N) is 1. The average molecular weight is 298 g/mol. The second-order valence-electron chi connectivity index (χ2n) is 5.37. The van der Waals surface area contributed by atoms with Crippen LogP contribution in [0.1, 0.15) is 41.8 Å². The van der Waals surface area contributed by atoms with E-state index in [2.05, 4.69) is 5.43 Å². The van der Waals surface area contributed by atoms with Crippen LogP contribution in [0.15, 0.2) is 53.1 Å².